The predicted molar refractivity (Wildman–Crippen MR) is 55.9 cm³/mol. The molecule has 0 rings (SSSR count). The van der Waals surface area contributed by atoms with Gasteiger partial charge < -0.3 is 25.2 Å². The van der Waals surface area contributed by atoms with E-state index in [4.69, 9.17) is 15.2 Å². The van der Waals surface area contributed by atoms with Crippen LogP contribution in [0.4, 0.5) is 0 Å². The highest BCUT2D eigenvalue weighted by molar-refractivity contribution is 6.15. The lowest BCUT2D eigenvalue weighted by Crippen LogP contribution is -2.21. The molecule has 0 spiro atoms. The molecule has 0 amide bonds. The molecule has 0 aromatic rings. The third-order valence-corrected chi connectivity index (χ3v) is 1.27. The smallest absolute Gasteiger partial charge is 0.429 e. The van der Waals surface area contributed by atoms with Gasteiger partial charge in [0.15, 0.2) is 0 Å². The topological polar surface area (TPSA) is 82.0 Å². The molecule has 0 atom stereocenters. The Kier molecular flexibility index (Phi) is 21.7. The van der Waals surface area contributed by atoms with Gasteiger partial charge in [-0.25, -0.2) is 0 Å². The van der Waals surface area contributed by atoms with E-state index in [1.807, 2.05) is 0 Å². The van der Waals surface area contributed by atoms with Gasteiger partial charge in [0.05, 0.1) is 13.2 Å². The fraction of sp³-hybridized carbons (Fsp3) is 1.00. The molecule has 0 aromatic heterocycles. The summed E-state index contributed by atoms with van der Waals surface area (Å²) in [7, 11) is 0.732. The van der Waals surface area contributed by atoms with E-state index >= 15 is 0 Å². The van der Waals surface area contributed by atoms with Crippen molar-refractivity contribution in [3.05, 3.63) is 0 Å². The van der Waals surface area contributed by atoms with Crippen molar-refractivity contribution in [3.63, 3.8) is 0 Å². The first-order valence-electron chi connectivity index (χ1n) is 4.83. The first-order valence-corrected chi connectivity index (χ1v) is 4.83. The molecule has 0 unspecified atom stereocenters. The maximum atomic E-state index is 8.15. The number of aliphatic hydroxyl groups is 2. The van der Waals surface area contributed by atoms with Crippen molar-refractivity contribution < 1.29 is 19.9 Å². The summed E-state index contributed by atoms with van der Waals surface area (Å²) < 4.78 is 4.50. The van der Waals surface area contributed by atoms with Gasteiger partial charge in [-0.05, 0) is 6.42 Å². The molecule has 0 aliphatic carbocycles. The molecule has 0 heterocycles. The van der Waals surface area contributed by atoms with Crippen LogP contribution in [0, 0.1) is 0 Å². The lowest BCUT2D eigenvalue weighted by molar-refractivity contribution is 0.266. The van der Waals surface area contributed by atoms with Crippen molar-refractivity contribution in [1.29, 1.82) is 0 Å². The molecule has 6 heteroatoms. The van der Waals surface area contributed by atoms with Gasteiger partial charge in [-0.2, -0.15) is 0 Å². The monoisotopic (exact) mass is 206 g/mol. The van der Waals surface area contributed by atoms with Gasteiger partial charge in [0.1, 0.15) is 0 Å². The molecule has 14 heavy (non-hydrogen) atoms. The quantitative estimate of drug-likeness (QED) is 0.299. The van der Waals surface area contributed by atoms with E-state index in [0.717, 1.165) is 20.5 Å². The largest absolute Gasteiger partial charge is 0.485 e. The van der Waals surface area contributed by atoms with Gasteiger partial charge in [0.25, 0.3) is 0 Å². The molecule has 0 saturated heterocycles. The number of hydrogen-bond acceptors (Lipinski definition) is 5. The molecule has 85 valence electrons. The van der Waals surface area contributed by atoms with Crippen LogP contribution in [0.3, 0.4) is 0 Å². The van der Waals surface area contributed by atoms with E-state index in [1.165, 1.54) is 0 Å². The Morgan fingerprint density at radius 3 is 2.14 bits per heavy atom. The van der Waals surface area contributed by atoms with Crippen molar-refractivity contribution in [2.45, 2.75) is 19.8 Å². The zero-order chi connectivity index (χ0) is 11.1. The Bertz CT molecular complexity index is 69.7. The Morgan fingerprint density at radius 2 is 1.79 bits per heavy atom. The van der Waals surface area contributed by atoms with Crippen LogP contribution in [0.2, 0.25) is 0 Å². The van der Waals surface area contributed by atoms with Crippen molar-refractivity contribution >= 4 is 7.69 Å². The molecule has 4 N–H and O–H groups in total. The average Bonchev–Trinajstić information content (AvgIpc) is 2.21. The summed E-state index contributed by atoms with van der Waals surface area (Å²) in [6.45, 7) is 4.12. The minimum Gasteiger partial charge on any atom is -0.429 e. The van der Waals surface area contributed by atoms with E-state index in [0.29, 0.717) is 19.7 Å². The second-order valence-corrected chi connectivity index (χ2v) is 2.53. The van der Waals surface area contributed by atoms with Crippen LogP contribution >= 0.6 is 0 Å². The molecule has 0 saturated carbocycles. The highest BCUT2D eigenvalue weighted by atomic mass is 16.5. The van der Waals surface area contributed by atoms with Gasteiger partial charge in [0.2, 0.25) is 0 Å². The van der Waals surface area contributed by atoms with E-state index in [-0.39, 0.29) is 13.2 Å². The van der Waals surface area contributed by atoms with Crippen molar-refractivity contribution in [2.75, 3.05) is 32.9 Å². The summed E-state index contributed by atoms with van der Waals surface area (Å²) in [5.74, 6) is 0. The zero-order valence-electron chi connectivity index (χ0n) is 8.78. The molecule has 0 aliphatic rings. The summed E-state index contributed by atoms with van der Waals surface area (Å²) in [5, 5.41) is 27.0. The Balaban J connectivity index is 0. The van der Waals surface area contributed by atoms with E-state index in [2.05, 4.69) is 16.9 Å². The Labute approximate surface area is 86.4 Å². The first-order chi connectivity index (χ1) is 6.83. The van der Waals surface area contributed by atoms with E-state index in [1.54, 1.807) is 0 Å². The standard InChI is InChI=1S/C4H10BO2.C4H11NO2/c1-2-3-4-7-5-6;6-3-1-5-2-4-7/h6H,2-4H2,1H3;5-7H,1-4H2. The van der Waals surface area contributed by atoms with Crippen LogP contribution in [-0.2, 0) is 4.65 Å². The molecule has 0 fully saturated rings. The molecular weight excluding hydrogens is 185 g/mol. The SMILES string of the molecule is CCCCO[B]O.OCCNCCO. The molecule has 0 bridgehead atoms. The fourth-order valence-corrected chi connectivity index (χ4v) is 0.563. The minimum absolute atomic E-state index is 0.139. The lowest BCUT2D eigenvalue weighted by atomic mass is 10.3. The number of aliphatic hydroxyl groups excluding tert-OH is 2. The second-order valence-electron chi connectivity index (χ2n) is 2.53. The molecule has 0 aromatic carbocycles. The maximum absolute atomic E-state index is 8.15. The number of hydrogen-bond donors (Lipinski definition) is 4. The summed E-state index contributed by atoms with van der Waals surface area (Å²) in [6.07, 6.45) is 2.12. The van der Waals surface area contributed by atoms with Crippen LogP contribution in [0.25, 0.3) is 0 Å². The van der Waals surface area contributed by atoms with Crippen LogP contribution < -0.4 is 5.32 Å². The summed E-state index contributed by atoms with van der Waals surface area (Å²) in [4.78, 5) is 0. The van der Waals surface area contributed by atoms with Gasteiger partial charge >= 0.3 is 7.69 Å². The van der Waals surface area contributed by atoms with E-state index < -0.39 is 0 Å². The van der Waals surface area contributed by atoms with Crippen molar-refractivity contribution in [2.24, 2.45) is 0 Å². The maximum Gasteiger partial charge on any atom is 0.485 e. The van der Waals surface area contributed by atoms with E-state index in [9.17, 15) is 0 Å². The van der Waals surface area contributed by atoms with Crippen LogP contribution in [-0.4, -0.2) is 55.8 Å². The summed E-state index contributed by atoms with van der Waals surface area (Å²) in [6, 6.07) is 0. The van der Waals surface area contributed by atoms with Crippen molar-refractivity contribution in [1.82, 2.24) is 5.32 Å². The van der Waals surface area contributed by atoms with Crippen LogP contribution in [0.5, 0.6) is 0 Å². The third kappa shape index (κ3) is 22.6. The third-order valence-electron chi connectivity index (χ3n) is 1.27. The average molecular weight is 206 g/mol. The minimum atomic E-state index is 0.139. The molecule has 1 radical (unpaired) electrons. The van der Waals surface area contributed by atoms with Gasteiger partial charge in [-0.15, -0.1) is 0 Å². The second kappa shape index (κ2) is 18.6. The Hall–Kier alpha value is -0.135. The molecule has 5 nitrogen and oxygen atoms in total. The highest BCUT2D eigenvalue weighted by Gasteiger charge is 1.83. The normalized spacial score (nSPS) is 9.14. The number of unbranched alkanes of at least 4 members (excludes halogenated alkanes) is 1. The fourth-order valence-electron chi connectivity index (χ4n) is 0.563. The van der Waals surface area contributed by atoms with Gasteiger partial charge in [-0.1, -0.05) is 13.3 Å². The zero-order valence-corrected chi connectivity index (χ0v) is 8.78. The summed E-state index contributed by atoms with van der Waals surface area (Å²) >= 11 is 0. The summed E-state index contributed by atoms with van der Waals surface area (Å²) in [5.41, 5.74) is 0. The number of nitrogens with one attached hydrogen (secondary N) is 1. The lowest BCUT2D eigenvalue weighted by Gasteiger charge is -1.94. The van der Waals surface area contributed by atoms with Crippen LogP contribution in [0.15, 0.2) is 0 Å². The first kappa shape index (κ1) is 16.3. The number of rotatable bonds is 8. The highest BCUT2D eigenvalue weighted by Crippen LogP contribution is 1.84. The van der Waals surface area contributed by atoms with Gasteiger partial charge in [0, 0.05) is 19.7 Å². The van der Waals surface area contributed by atoms with Crippen LogP contribution in [0.1, 0.15) is 19.8 Å². The predicted octanol–water partition coefficient (Wildman–Crippen LogP) is -1.11. The van der Waals surface area contributed by atoms with Gasteiger partial charge in [-0.3, -0.25) is 0 Å². The molecular formula is C8H21BNO4. The molecule has 0 aliphatic heterocycles. The van der Waals surface area contributed by atoms with Crippen molar-refractivity contribution in [3.8, 4) is 0 Å². The Morgan fingerprint density at radius 1 is 1.21 bits per heavy atom.